The van der Waals surface area contributed by atoms with Crippen LogP contribution in [0, 0.1) is 0 Å². The number of esters is 1. The second kappa shape index (κ2) is 6.76. The van der Waals surface area contributed by atoms with E-state index in [4.69, 9.17) is 10.5 Å². The van der Waals surface area contributed by atoms with Crippen molar-refractivity contribution in [1.29, 1.82) is 0 Å². The molecule has 106 valence electrons. The fraction of sp³-hybridized carbons (Fsp3) is 0.214. The summed E-state index contributed by atoms with van der Waals surface area (Å²) in [5.41, 5.74) is 7.45. The van der Waals surface area contributed by atoms with Gasteiger partial charge >= 0.3 is 5.97 Å². The number of thiophene rings is 1. The number of ether oxygens (including phenoxy) is 1. The van der Waals surface area contributed by atoms with E-state index in [-0.39, 0.29) is 0 Å². The molecule has 2 rings (SSSR count). The van der Waals surface area contributed by atoms with Crippen molar-refractivity contribution in [3.8, 4) is 0 Å². The standard InChI is InChI=1S/C14H15BrN2O2S/c1-2-19-14(18)11-7-9(3-5-12(11)16)17-8-10-4-6-13(15)20-10/h3-7,17H,2,8,16H2,1H3. The number of hydrogen-bond acceptors (Lipinski definition) is 5. The number of rotatable bonds is 5. The Kier molecular flexibility index (Phi) is 5.03. The Balaban J connectivity index is 2.08. The lowest BCUT2D eigenvalue weighted by Crippen LogP contribution is -2.09. The Bertz CT molecular complexity index is 613. The Labute approximate surface area is 130 Å². The lowest BCUT2D eigenvalue weighted by molar-refractivity contribution is 0.0527. The molecule has 0 atom stereocenters. The largest absolute Gasteiger partial charge is 0.462 e. The van der Waals surface area contributed by atoms with E-state index >= 15 is 0 Å². The molecule has 0 fully saturated rings. The monoisotopic (exact) mass is 354 g/mol. The van der Waals surface area contributed by atoms with E-state index in [9.17, 15) is 4.79 Å². The maximum absolute atomic E-state index is 11.8. The fourth-order valence-electron chi connectivity index (χ4n) is 1.69. The van der Waals surface area contributed by atoms with Crippen molar-refractivity contribution in [2.45, 2.75) is 13.5 Å². The maximum atomic E-state index is 11.8. The number of halogens is 1. The smallest absolute Gasteiger partial charge is 0.340 e. The third kappa shape index (κ3) is 3.74. The van der Waals surface area contributed by atoms with E-state index in [0.717, 1.165) is 9.47 Å². The Morgan fingerprint density at radius 2 is 2.20 bits per heavy atom. The molecule has 6 heteroatoms. The van der Waals surface area contributed by atoms with Crippen LogP contribution in [0.1, 0.15) is 22.2 Å². The highest BCUT2D eigenvalue weighted by atomic mass is 79.9. The molecule has 0 bridgehead atoms. The summed E-state index contributed by atoms with van der Waals surface area (Å²) in [6, 6.07) is 9.33. The number of nitrogen functional groups attached to an aromatic ring is 1. The molecule has 0 amide bonds. The number of carbonyl (C=O) groups excluding carboxylic acids is 1. The zero-order chi connectivity index (χ0) is 14.5. The van der Waals surface area contributed by atoms with Gasteiger partial charge in [-0.3, -0.25) is 0 Å². The number of benzene rings is 1. The van der Waals surface area contributed by atoms with Crippen LogP contribution in [0.25, 0.3) is 0 Å². The molecule has 0 spiro atoms. The summed E-state index contributed by atoms with van der Waals surface area (Å²) in [5, 5.41) is 3.27. The number of nitrogens with one attached hydrogen (secondary N) is 1. The Morgan fingerprint density at radius 1 is 1.40 bits per heavy atom. The summed E-state index contributed by atoms with van der Waals surface area (Å²) in [6.07, 6.45) is 0. The lowest BCUT2D eigenvalue weighted by atomic mass is 10.1. The van der Waals surface area contributed by atoms with E-state index in [0.29, 0.717) is 24.4 Å². The van der Waals surface area contributed by atoms with Crippen LogP contribution in [-0.2, 0) is 11.3 Å². The summed E-state index contributed by atoms with van der Waals surface area (Å²) in [6.45, 7) is 2.80. The first-order valence-corrected chi connectivity index (χ1v) is 7.76. The molecule has 0 aliphatic carbocycles. The Morgan fingerprint density at radius 3 is 2.85 bits per heavy atom. The molecule has 0 saturated heterocycles. The van der Waals surface area contributed by atoms with Gasteiger partial charge in [0.1, 0.15) is 0 Å². The molecule has 0 aliphatic rings. The van der Waals surface area contributed by atoms with Gasteiger partial charge in [-0.2, -0.15) is 0 Å². The first-order valence-electron chi connectivity index (χ1n) is 6.15. The van der Waals surface area contributed by atoms with Crippen molar-refractivity contribution in [2.75, 3.05) is 17.7 Å². The topological polar surface area (TPSA) is 64.3 Å². The van der Waals surface area contributed by atoms with Crippen molar-refractivity contribution < 1.29 is 9.53 Å². The number of nitrogens with two attached hydrogens (primary N) is 1. The van der Waals surface area contributed by atoms with Crippen molar-refractivity contribution in [3.63, 3.8) is 0 Å². The highest BCUT2D eigenvalue weighted by molar-refractivity contribution is 9.11. The third-order valence-electron chi connectivity index (χ3n) is 2.64. The van der Waals surface area contributed by atoms with Crippen LogP contribution in [0.15, 0.2) is 34.1 Å². The summed E-state index contributed by atoms with van der Waals surface area (Å²) >= 11 is 5.10. The van der Waals surface area contributed by atoms with Crippen LogP contribution in [0.3, 0.4) is 0 Å². The van der Waals surface area contributed by atoms with Gasteiger partial charge in [-0.1, -0.05) is 0 Å². The molecule has 0 aliphatic heterocycles. The molecule has 20 heavy (non-hydrogen) atoms. The normalized spacial score (nSPS) is 10.3. The van der Waals surface area contributed by atoms with Crippen molar-refractivity contribution >= 4 is 44.6 Å². The van der Waals surface area contributed by atoms with Crippen LogP contribution in [-0.4, -0.2) is 12.6 Å². The SMILES string of the molecule is CCOC(=O)c1cc(NCc2ccc(Br)s2)ccc1N. The molecule has 2 aromatic rings. The van der Waals surface area contributed by atoms with Gasteiger partial charge in [-0.05, 0) is 53.2 Å². The van der Waals surface area contributed by atoms with Gasteiger partial charge in [0.05, 0.1) is 16.0 Å². The fourth-order valence-corrected chi connectivity index (χ4v) is 3.11. The zero-order valence-electron chi connectivity index (χ0n) is 11.0. The zero-order valence-corrected chi connectivity index (χ0v) is 13.4. The first-order chi connectivity index (χ1) is 9.60. The summed E-state index contributed by atoms with van der Waals surface area (Å²) in [4.78, 5) is 13.0. The summed E-state index contributed by atoms with van der Waals surface area (Å²) in [5.74, 6) is -0.396. The number of carbonyl (C=O) groups is 1. The average molecular weight is 355 g/mol. The molecule has 4 nitrogen and oxygen atoms in total. The predicted octanol–water partition coefficient (Wildman–Crippen LogP) is 3.88. The molecular weight excluding hydrogens is 340 g/mol. The molecule has 0 radical (unpaired) electrons. The van der Waals surface area contributed by atoms with Crippen LogP contribution in [0.4, 0.5) is 11.4 Å². The minimum Gasteiger partial charge on any atom is -0.462 e. The van der Waals surface area contributed by atoms with Crippen molar-refractivity contribution in [1.82, 2.24) is 0 Å². The highest BCUT2D eigenvalue weighted by Gasteiger charge is 2.11. The predicted molar refractivity (Wildman–Crippen MR) is 86.2 cm³/mol. The Hall–Kier alpha value is -1.53. The van der Waals surface area contributed by atoms with Gasteiger partial charge < -0.3 is 15.8 Å². The van der Waals surface area contributed by atoms with E-state index in [1.54, 1.807) is 30.4 Å². The van der Waals surface area contributed by atoms with Gasteiger partial charge in [0.25, 0.3) is 0 Å². The lowest BCUT2D eigenvalue weighted by Gasteiger charge is -2.09. The third-order valence-corrected chi connectivity index (χ3v) is 4.27. The molecule has 0 saturated carbocycles. The van der Waals surface area contributed by atoms with Gasteiger partial charge in [0, 0.05) is 22.8 Å². The summed E-state index contributed by atoms with van der Waals surface area (Å²) in [7, 11) is 0. The van der Waals surface area contributed by atoms with E-state index in [1.165, 1.54) is 4.88 Å². The first kappa shape index (κ1) is 14.9. The molecular formula is C14H15BrN2O2S. The van der Waals surface area contributed by atoms with Crippen molar-refractivity contribution in [2.24, 2.45) is 0 Å². The van der Waals surface area contributed by atoms with E-state index in [2.05, 4.69) is 21.2 Å². The van der Waals surface area contributed by atoms with Gasteiger partial charge in [-0.25, -0.2) is 4.79 Å². The molecule has 1 aromatic heterocycles. The second-order valence-electron chi connectivity index (χ2n) is 4.08. The average Bonchev–Trinajstić information content (AvgIpc) is 2.84. The minimum absolute atomic E-state index is 0.332. The van der Waals surface area contributed by atoms with Gasteiger partial charge in [0.15, 0.2) is 0 Å². The van der Waals surface area contributed by atoms with Gasteiger partial charge in [-0.15, -0.1) is 11.3 Å². The van der Waals surface area contributed by atoms with E-state index in [1.807, 2.05) is 18.2 Å². The molecule has 1 heterocycles. The maximum Gasteiger partial charge on any atom is 0.340 e. The molecule has 3 N–H and O–H groups in total. The van der Waals surface area contributed by atoms with Crippen LogP contribution in [0.5, 0.6) is 0 Å². The number of hydrogen-bond donors (Lipinski definition) is 2. The van der Waals surface area contributed by atoms with Crippen LogP contribution < -0.4 is 11.1 Å². The van der Waals surface area contributed by atoms with Crippen LogP contribution >= 0.6 is 27.3 Å². The second-order valence-corrected chi connectivity index (χ2v) is 6.63. The van der Waals surface area contributed by atoms with Gasteiger partial charge in [0.2, 0.25) is 0 Å². The minimum atomic E-state index is -0.396. The highest BCUT2D eigenvalue weighted by Crippen LogP contribution is 2.24. The van der Waals surface area contributed by atoms with Crippen molar-refractivity contribution in [3.05, 3.63) is 44.6 Å². The molecule has 0 unspecified atom stereocenters. The summed E-state index contributed by atoms with van der Waals surface area (Å²) < 4.78 is 6.08. The quantitative estimate of drug-likeness (QED) is 0.631. The van der Waals surface area contributed by atoms with E-state index < -0.39 is 5.97 Å². The number of anilines is 2. The van der Waals surface area contributed by atoms with Crippen LogP contribution in [0.2, 0.25) is 0 Å². The molecule has 1 aromatic carbocycles.